The highest BCUT2D eigenvalue weighted by Gasteiger charge is 2.15. The van der Waals surface area contributed by atoms with Crippen molar-refractivity contribution in [3.63, 3.8) is 0 Å². The summed E-state index contributed by atoms with van der Waals surface area (Å²) in [7, 11) is 2.05. The minimum atomic E-state index is -1.11. The van der Waals surface area contributed by atoms with Gasteiger partial charge < -0.3 is 14.0 Å². The zero-order valence-corrected chi connectivity index (χ0v) is 8.76. The first-order chi connectivity index (χ1) is 6.77. The fourth-order valence-corrected chi connectivity index (χ4v) is 2.59. The smallest absolute Gasteiger partial charge is 0.225 e. The maximum atomic E-state index is 11.6. The molecule has 0 bridgehead atoms. The van der Waals surface area contributed by atoms with Crippen LogP contribution in [0.15, 0.2) is 23.6 Å². The summed E-state index contributed by atoms with van der Waals surface area (Å²) in [5.74, 6) is 1.37. The van der Waals surface area contributed by atoms with Crippen LogP contribution in [-0.2, 0) is 0 Å². The van der Waals surface area contributed by atoms with Crippen LogP contribution in [0.3, 0.4) is 0 Å². The van der Waals surface area contributed by atoms with Gasteiger partial charge in [-0.3, -0.25) is 0 Å². The molecule has 1 aromatic heterocycles. The summed E-state index contributed by atoms with van der Waals surface area (Å²) in [6.07, 6.45) is 0. The molecule has 0 saturated heterocycles. The molecule has 0 aliphatic rings. The summed E-state index contributed by atoms with van der Waals surface area (Å²) in [6.45, 7) is 0. The highest BCUT2D eigenvalue weighted by Crippen LogP contribution is 2.40. The first-order valence-corrected chi connectivity index (χ1v) is 5.33. The lowest BCUT2D eigenvalue weighted by molar-refractivity contribution is 0.411. The van der Waals surface area contributed by atoms with Crippen LogP contribution in [0, 0.1) is 0 Å². The van der Waals surface area contributed by atoms with Gasteiger partial charge in [-0.05, 0) is 22.9 Å². The molecule has 74 valence electrons. The van der Waals surface area contributed by atoms with Crippen LogP contribution in [0.5, 0.6) is 11.5 Å². The number of hydrogen-bond acceptors (Lipinski definition) is 3. The Balaban J connectivity index is 2.81. The van der Waals surface area contributed by atoms with Gasteiger partial charge in [-0.25, -0.2) is 0 Å². The third kappa shape index (κ3) is 1.23. The zero-order chi connectivity index (χ0) is 10.1. The Hall–Kier alpha value is -1.26. The highest BCUT2D eigenvalue weighted by atomic mass is 32.2. The van der Waals surface area contributed by atoms with Gasteiger partial charge in [0, 0.05) is 6.07 Å². The van der Waals surface area contributed by atoms with E-state index < -0.39 is 10.8 Å². The van der Waals surface area contributed by atoms with Gasteiger partial charge in [-0.2, -0.15) is 0 Å². The van der Waals surface area contributed by atoms with E-state index in [0.29, 0.717) is 10.4 Å². The molecule has 4 heteroatoms. The second-order valence-corrected chi connectivity index (χ2v) is 4.09. The largest absolute Gasteiger partial charge is 0.590 e. The average molecular weight is 210 g/mol. The van der Waals surface area contributed by atoms with Crippen molar-refractivity contribution in [2.75, 3.05) is 14.2 Å². The van der Waals surface area contributed by atoms with Gasteiger partial charge >= 0.3 is 0 Å². The van der Waals surface area contributed by atoms with E-state index >= 15 is 0 Å². The van der Waals surface area contributed by atoms with Crippen LogP contribution in [0.25, 0.3) is 10.1 Å². The molecule has 14 heavy (non-hydrogen) atoms. The molecule has 2 aromatic rings. The molecular formula is C10H10O3S. The van der Waals surface area contributed by atoms with Crippen molar-refractivity contribution in [1.82, 2.24) is 0 Å². The van der Waals surface area contributed by atoms with Gasteiger partial charge in [0.15, 0.2) is 5.75 Å². The van der Waals surface area contributed by atoms with Gasteiger partial charge in [0.05, 0.1) is 19.6 Å². The highest BCUT2D eigenvalue weighted by molar-refractivity contribution is 7.30. The molecule has 2 rings (SSSR count). The van der Waals surface area contributed by atoms with Crippen molar-refractivity contribution < 1.29 is 14.0 Å². The molecule has 1 unspecified atom stereocenters. The van der Waals surface area contributed by atoms with E-state index in [1.54, 1.807) is 31.7 Å². The Morgan fingerprint density at radius 2 is 1.71 bits per heavy atom. The van der Waals surface area contributed by atoms with Crippen LogP contribution in [-0.4, -0.2) is 18.8 Å². The molecule has 1 aromatic carbocycles. The lowest BCUT2D eigenvalue weighted by atomic mass is 10.2. The quantitative estimate of drug-likeness (QED) is 0.715. The Kier molecular flexibility index (Phi) is 2.31. The van der Waals surface area contributed by atoms with Crippen LogP contribution >= 0.6 is 10.8 Å². The molecule has 0 fully saturated rings. The second-order valence-electron chi connectivity index (χ2n) is 2.81. The third-order valence-electron chi connectivity index (χ3n) is 2.12. The molecule has 0 aliphatic heterocycles. The van der Waals surface area contributed by atoms with E-state index in [1.807, 2.05) is 6.07 Å². The van der Waals surface area contributed by atoms with E-state index in [4.69, 9.17) is 9.47 Å². The summed E-state index contributed by atoms with van der Waals surface area (Å²) in [5, 5.41) is 2.49. The molecular weight excluding hydrogens is 200 g/mol. The zero-order valence-electron chi connectivity index (χ0n) is 7.94. The maximum absolute atomic E-state index is 11.6. The second kappa shape index (κ2) is 3.48. The van der Waals surface area contributed by atoms with Crippen LogP contribution < -0.4 is 9.47 Å². The molecule has 0 radical (unpaired) electrons. The van der Waals surface area contributed by atoms with Gasteiger partial charge in [-0.15, -0.1) is 0 Å². The SMILES string of the molecule is COc1ccc(OC)c2c1cc[s+]2[O-]. The minimum absolute atomic E-state index is 0.643. The topological polar surface area (TPSA) is 41.5 Å². The molecule has 3 nitrogen and oxygen atoms in total. The number of hydrogen-bond donors (Lipinski definition) is 0. The number of rotatable bonds is 2. The van der Waals surface area contributed by atoms with Crippen molar-refractivity contribution in [3.05, 3.63) is 23.6 Å². The van der Waals surface area contributed by atoms with E-state index in [1.165, 1.54) is 0 Å². The molecule has 1 atom stereocenters. The number of benzene rings is 1. The van der Waals surface area contributed by atoms with E-state index in [9.17, 15) is 4.55 Å². The number of ether oxygens (including phenoxy) is 2. The Labute approximate surface area is 84.7 Å². The molecule has 0 aliphatic carbocycles. The summed E-state index contributed by atoms with van der Waals surface area (Å²) < 4.78 is 22.6. The molecule has 0 saturated carbocycles. The van der Waals surface area contributed by atoms with Crippen LogP contribution in [0.1, 0.15) is 0 Å². The normalized spacial score (nSPS) is 11.8. The predicted molar refractivity (Wildman–Crippen MR) is 55.7 cm³/mol. The molecule has 0 amide bonds. The van der Waals surface area contributed by atoms with Crippen molar-refractivity contribution >= 4 is 20.8 Å². The maximum Gasteiger partial charge on any atom is 0.225 e. The first kappa shape index (κ1) is 9.30. The fraction of sp³-hybridized carbons (Fsp3) is 0.200. The van der Waals surface area contributed by atoms with E-state index in [0.717, 1.165) is 11.1 Å². The Morgan fingerprint density at radius 3 is 2.36 bits per heavy atom. The molecule has 0 spiro atoms. The molecule has 0 N–H and O–H groups in total. The predicted octanol–water partition coefficient (Wildman–Crippen LogP) is 2.58. The summed E-state index contributed by atoms with van der Waals surface area (Å²) >= 11 is 0. The standard InChI is InChI=1S/C10H10O3S/c1-12-8-3-4-9(13-2)10-7(8)5-6-14(10)11/h3-6H,1-2H3. The minimum Gasteiger partial charge on any atom is -0.590 e. The van der Waals surface area contributed by atoms with Gasteiger partial charge in [-0.1, -0.05) is 0 Å². The van der Waals surface area contributed by atoms with Crippen LogP contribution in [0.2, 0.25) is 0 Å². The molecule has 1 heterocycles. The van der Waals surface area contributed by atoms with E-state index in [2.05, 4.69) is 0 Å². The lowest BCUT2D eigenvalue weighted by Crippen LogP contribution is -1.86. The number of fused-ring (bicyclic) bond motifs is 1. The lowest BCUT2D eigenvalue weighted by Gasteiger charge is -2.04. The van der Waals surface area contributed by atoms with Gasteiger partial charge in [0.2, 0.25) is 4.70 Å². The Morgan fingerprint density at radius 1 is 1.07 bits per heavy atom. The first-order valence-electron chi connectivity index (χ1n) is 4.11. The van der Waals surface area contributed by atoms with Crippen LogP contribution in [0.4, 0.5) is 0 Å². The summed E-state index contributed by atoms with van der Waals surface area (Å²) in [5.41, 5.74) is 0. The van der Waals surface area contributed by atoms with Crippen molar-refractivity contribution in [1.29, 1.82) is 0 Å². The van der Waals surface area contributed by atoms with Crippen molar-refractivity contribution in [3.8, 4) is 11.5 Å². The van der Waals surface area contributed by atoms with Crippen molar-refractivity contribution in [2.45, 2.75) is 0 Å². The van der Waals surface area contributed by atoms with Gasteiger partial charge in [0.1, 0.15) is 11.1 Å². The fourth-order valence-electron chi connectivity index (χ4n) is 1.46. The van der Waals surface area contributed by atoms with Crippen molar-refractivity contribution in [2.24, 2.45) is 0 Å². The van der Waals surface area contributed by atoms with E-state index in [-0.39, 0.29) is 0 Å². The Bertz CT molecular complexity index is 462. The third-order valence-corrected chi connectivity index (χ3v) is 3.33. The summed E-state index contributed by atoms with van der Waals surface area (Å²) in [6, 6.07) is 5.37. The summed E-state index contributed by atoms with van der Waals surface area (Å²) in [4.78, 5) is 0. The number of methoxy groups -OCH3 is 2. The van der Waals surface area contributed by atoms with Gasteiger partial charge in [0.25, 0.3) is 0 Å². The average Bonchev–Trinajstić information content (AvgIpc) is 2.60. The number of thiophene rings is 1. The monoisotopic (exact) mass is 210 g/mol.